The van der Waals surface area contributed by atoms with Crippen molar-refractivity contribution in [2.75, 3.05) is 0 Å². The van der Waals surface area contributed by atoms with Crippen LogP contribution in [0.15, 0.2) is 0 Å². The molecule has 1 nitrogen and oxygen atoms in total. The lowest BCUT2D eigenvalue weighted by molar-refractivity contribution is 1.07. The minimum absolute atomic E-state index is 0. The molecule has 1 saturated carbocycles. The van der Waals surface area contributed by atoms with Crippen LogP contribution in [-0.2, 0) is 0 Å². The first kappa shape index (κ1) is 2.21. The second-order valence-corrected chi connectivity index (χ2v) is 1.34. The van der Waals surface area contributed by atoms with E-state index in [1.807, 2.05) is 0 Å². The molecule has 0 saturated heterocycles. The molecule has 0 bridgehead atoms. The molecule has 26 valence electrons. The van der Waals surface area contributed by atoms with Gasteiger partial charge in [-0.05, 0) is 12.8 Å². The zero-order valence-electron chi connectivity index (χ0n) is 2.57. The Labute approximate surface area is 27.3 Å². The normalized spacial score (nSPS) is 26.2. The summed E-state index contributed by atoms with van der Waals surface area (Å²) >= 11 is 0. The maximum Gasteiger partial charge on any atom is 0.00399 e. The van der Waals surface area contributed by atoms with Gasteiger partial charge in [0, 0.05) is 7.47 Å². The van der Waals surface area contributed by atoms with Crippen LogP contribution in [0.2, 0.25) is 0 Å². The van der Waals surface area contributed by atoms with Crippen LogP contribution < -0.4 is 5.73 Å². The summed E-state index contributed by atoms with van der Waals surface area (Å²) in [6.07, 6.45) is 2.53. The van der Waals surface area contributed by atoms with Crippen molar-refractivity contribution in [2.24, 2.45) is 5.73 Å². The van der Waals surface area contributed by atoms with Crippen LogP contribution in [0.25, 0.3) is 0 Å². The van der Waals surface area contributed by atoms with Crippen LogP contribution in [0.1, 0.15) is 14.3 Å². The molecule has 0 aromatic heterocycles. The van der Waals surface area contributed by atoms with Crippen molar-refractivity contribution >= 4 is 0 Å². The quantitative estimate of drug-likeness (QED) is 0.428. The van der Waals surface area contributed by atoms with Crippen molar-refractivity contribution in [1.82, 2.24) is 0 Å². The summed E-state index contributed by atoms with van der Waals surface area (Å²) in [6.45, 7) is 0. The Balaban J connectivity index is 0.000000160. The van der Waals surface area contributed by atoms with Crippen molar-refractivity contribution in [1.29, 1.82) is 0 Å². The van der Waals surface area contributed by atoms with Crippen LogP contribution in [0.4, 0.5) is 0 Å². The second-order valence-electron chi connectivity index (χ2n) is 1.34. The van der Waals surface area contributed by atoms with Gasteiger partial charge in [0.2, 0.25) is 0 Å². The van der Waals surface area contributed by atoms with E-state index >= 15 is 0 Å². The molecular weight excluding hydrogens is 50.0 g/mol. The van der Waals surface area contributed by atoms with Crippen molar-refractivity contribution in [3.63, 3.8) is 0 Å². The molecule has 0 radical (unpaired) electrons. The van der Waals surface area contributed by atoms with E-state index in [2.05, 4.69) is 0 Å². The molecule has 0 aliphatic heterocycles. The summed E-state index contributed by atoms with van der Waals surface area (Å²) in [6, 6.07) is 0.583. The molecule has 0 atom stereocenters. The number of nitrogens with two attached hydrogens (primary N) is 1. The van der Waals surface area contributed by atoms with E-state index in [1.54, 1.807) is 0 Å². The molecule has 0 amide bonds. The van der Waals surface area contributed by atoms with Crippen LogP contribution in [0, 0.1) is 0 Å². The highest BCUT2D eigenvalue weighted by Crippen LogP contribution is 2.13. The predicted octanol–water partition coefficient (Wildman–Crippen LogP) is 0.353. The lowest BCUT2D eigenvalue weighted by Gasteiger charge is -1.58. The molecule has 1 aliphatic carbocycles. The van der Waals surface area contributed by atoms with Crippen LogP contribution in [-0.4, -0.2) is 6.04 Å². The molecule has 0 heterocycles. The zero-order chi connectivity index (χ0) is 2.99. The Morgan fingerprint density at radius 2 is 2.00 bits per heavy atom. The fourth-order valence-electron chi connectivity index (χ4n) is 0.0962. The third-order valence-electron chi connectivity index (χ3n) is 0.622. The second kappa shape index (κ2) is 0.462. The predicted molar refractivity (Wildman–Crippen MR) is 19.3 cm³/mol. The molecule has 4 heavy (non-hydrogen) atoms. The van der Waals surface area contributed by atoms with E-state index in [0.29, 0.717) is 6.04 Å². The van der Waals surface area contributed by atoms with Crippen LogP contribution >= 0.6 is 0 Å². The van der Waals surface area contributed by atoms with Gasteiger partial charge in [0.15, 0.2) is 0 Å². The lowest BCUT2D eigenvalue weighted by Crippen LogP contribution is -1.94. The van der Waals surface area contributed by atoms with E-state index < -0.39 is 0 Å². The summed E-state index contributed by atoms with van der Waals surface area (Å²) in [5, 5.41) is 0. The third-order valence-corrected chi connectivity index (χ3v) is 0.622. The molecule has 1 heteroatoms. The van der Waals surface area contributed by atoms with Crippen molar-refractivity contribution in [3.05, 3.63) is 0 Å². The maximum atomic E-state index is 5.22. The molecule has 0 unspecified atom stereocenters. The number of rotatable bonds is 0. The van der Waals surface area contributed by atoms with Crippen molar-refractivity contribution in [2.45, 2.75) is 18.9 Å². The maximum absolute atomic E-state index is 5.22. The molecule has 2 N–H and O–H groups in total. The summed E-state index contributed by atoms with van der Waals surface area (Å²) in [5.74, 6) is 0. The third kappa shape index (κ3) is 0.206. The first-order valence-electron chi connectivity index (χ1n) is 1.65. The topological polar surface area (TPSA) is 26.0 Å². The van der Waals surface area contributed by atoms with Gasteiger partial charge < -0.3 is 5.73 Å². The van der Waals surface area contributed by atoms with Gasteiger partial charge in [-0.1, -0.05) is 0 Å². The standard InChI is InChI=1S/C3H7N.H2/c4-3-1-2-3;/h3H,1-2,4H2;1H. The van der Waals surface area contributed by atoms with Gasteiger partial charge in [0.05, 0.1) is 0 Å². The first-order valence-corrected chi connectivity index (χ1v) is 1.65. The number of hydrogen-bond donors (Lipinski definition) is 1. The van der Waals surface area contributed by atoms with Crippen molar-refractivity contribution < 1.29 is 1.43 Å². The molecular formula is C3H9N. The molecule has 0 aromatic carbocycles. The molecule has 0 spiro atoms. The highest BCUT2D eigenvalue weighted by Gasteiger charge is 2.13. The average molecular weight is 59.1 g/mol. The Morgan fingerprint density at radius 1 is 1.75 bits per heavy atom. The van der Waals surface area contributed by atoms with Gasteiger partial charge in [-0.25, -0.2) is 0 Å². The molecule has 1 rings (SSSR count). The summed E-state index contributed by atoms with van der Waals surface area (Å²) in [4.78, 5) is 0. The Morgan fingerprint density at radius 3 is 2.00 bits per heavy atom. The largest absolute Gasteiger partial charge is 0.328 e. The summed E-state index contributed by atoms with van der Waals surface area (Å²) in [5.41, 5.74) is 5.22. The van der Waals surface area contributed by atoms with E-state index in [0.717, 1.165) is 0 Å². The van der Waals surface area contributed by atoms with Gasteiger partial charge in [-0.15, -0.1) is 0 Å². The minimum Gasteiger partial charge on any atom is -0.328 e. The molecule has 0 aromatic rings. The molecule has 1 fully saturated rings. The summed E-state index contributed by atoms with van der Waals surface area (Å²) in [7, 11) is 0. The van der Waals surface area contributed by atoms with Gasteiger partial charge >= 0.3 is 0 Å². The monoisotopic (exact) mass is 59.1 g/mol. The smallest absolute Gasteiger partial charge is 0.00399 e. The lowest BCUT2D eigenvalue weighted by atomic mass is 10.8. The van der Waals surface area contributed by atoms with Gasteiger partial charge in [-0.3, -0.25) is 0 Å². The van der Waals surface area contributed by atoms with Gasteiger partial charge in [-0.2, -0.15) is 0 Å². The highest BCUT2D eigenvalue weighted by molar-refractivity contribution is 4.75. The SMILES string of the molecule is NC1CC1.[HH]. The van der Waals surface area contributed by atoms with Crippen LogP contribution in [0.5, 0.6) is 0 Å². The van der Waals surface area contributed by atoms with E-state index in [9.17, 15) is 0 Å². The van der Waals surface area contributed by atoms with E-state index in [-0.39, 0.29) is 1.43 Å². The zero-order valence-corrected chi connectivity index (χ0v) is 2.57. The minimum atomic E-state index is 0. The Hall–Kier alpha value is -0.0400. The van der Waals surface area contributed by atoms with E-state index in [4.69, 9.17) is 5.73 Å². The summed E-state index contributed by atoms with van der Waals surface area (Å²) < 4.78 is 0. The Kier molecular flexibility index (Phi) is 0.256. The Bertz CT molecular complexity index is 26.1. The van der Waals surface area contributed by atoms with Crippen molar-refractivity contribution in [3.8, 4) is 0 Å². The highest BCUT2D eigenvalue weighted by atomic mass is 14.7. The van der Waals surface area contributed by atoms with E-state index in [1.165, 1.54) is 12.8 Å². The van der Waals surface area contributed by atoms with Gasteiger partial charge in [0.25, 0.3) is 0 Å². The average Bonchev–Trinajstić information content (AvgIpc) is 1.75. The number of hydrogen-bond acceptors (Lipinski definition) is 1. The van der Waals surface area contributed by atoms with Crippen LogP contribution in [0.3, 0.4) is 0 Å². The molecule has 1 aliphatic rings. The van der Waals surface area contributed by atoms with Gasteiger partial charge in [0.1, 0.15) is 0 Å². The first-order chi connectivity index (χ1) is 1.89. The fraction of sp³-hybridized carbons (Fsp3) is 1.00. The fourth-order valence-corrected chi connectivity index (χ4v) is 0.0962.